The van der Waals surface area contributed by atoms with E-state index >= 15 is 0 Å². The van der Waals surface area contributed by atoms with E-state index in [1.807, 2.05) is 17.0 Å². The van der Waals surface area contributed by atoms with Gasteiger partial charge in [0.15, 0.2) is 17.5 Å². The number of hydrogen-bond acceptors (Lipinski definition) is 7. The van der Waals surface area contributed by atoms with Gasteiger partial charge in [-0.25, -0.2) is 0 Å². The third-order valence-electron chi connectivity index (χ3n) is 9.51. The molecule has 2 fully saturated rings. The van der Waals surface area contributed by atoms with Crippen LogP contribution in [0.5, 0.6) is 11.5 Å². The van der Waals surface area contributed by atoms with Gasteiger partial charge in [0.05, 0.1) is 12.2 Å². The molecule has 1 aromatic carbocycles. The van der Waals surface area contributed by atoms with E-state index in [1.54, 1.807) is 0 Å². The smallest absolute Gasteiger partial charge is 0.302 e. The number of aliphatic hydroxyl groups is 1. The van der Waals surface area contributed by atoms with Gasteiger partial charge in [0.1, 0.15) is 6.10 Å². The summed E-state index contributed by atoms with van der Waals surface area (Å²) in [6.07, 6.45) is 13.7. The fraction of sp³-hybridized carbons (Fsp3) is 0.750. The third kappa shape index (κ3) is 12.3. The van der Waals surface area contributed by atoms with Crippen LogP contribution in [0.2, 0.25) is 0 Å². The van der Waals surface area contributed by atoms with Gasteiger partial charge in [-0.1, -0.05) is 58.4 Å². The largest absolute Gasteiger partial charge is 0.504 e. The number of nitrogens with zero attached hydrogens (tertiary/aromatic N) is 2. The quantitative estimate of drug-likeness (QED) is 0.0559. The van der Waals surface area contributed by atoms with Crippen LogP contribution in [0.15, 0.2) is 17.1 Å². The Hall–Kier alpha value is -3.01. The minimum atomic E-state index is -0.529. The van der Waals surface area contributed by atoms with Crippen molar-refractivity contribution in [1.82, 2.24) is 4.90 Å². The van der Waals surface area contributed by atoms with E-state index in [1.165, 1.54) is 6.92 Å². The van der Waals surface area contributed by atoms with Gasteiger partial charge in [-0.3, -0.25) is 14.6 Å². The molecular weight excluding hydrogens is 584 g/mol. The molecule has 1 aromatic rings. The molecule has 10 heteroatoms. The second-order valence-corrected chi connectivity index (χ2v) is 13.4. The predicted octanol–water partition coefficient (Wildman–Crippen LogP) is 5.87. The Morgan fingerprint density at radius 1 is 1.07 bits per heavy atom. The summed E-state index contributed by atoms with van der Waals surface area (Å²) in [7, 11) is 0. The first-order valence-electron chi connectivity index (χ1n) is 17.8. The molecule has 10 nitrogen and oxygen atoms in total. The van der Waals surface area contributed by atoms with Crippen molar-refractivity contribution in [3.8, 4) is 11.5 Å². The van der Waals surface area contributed by atoms with Crippen LogP contribution in [0.4, 0.5) is 0 Å². The highest BCUT2D eigenvalue weighted by atomic mass is 16.5. The number of aliphatic imine (C=N–C) groups is 1. The number of phenolic OH excluding ortho intramolecular Hbond substituents is 1. The standard InChI is InChI=1S/C36H60N4O6/c1-4-6-8-12-29(42)23-31(45-25(3)41)17-16-26-20-28(35(44)33(21-26)46-30-13-10-11-14-30)24-40-32(15-9-7-5-2)27(22-34(40)43)18-19-39-36(37)38/h20-21,27,29-32,42,44H,4-19,22-24H2,1-3H3,(H4,37,38,39)/t27-,29-,31+,32-/m0/s1. The van der Waals surface area contributed by atoms with E-state index in [0.29, 0.717) is 56.5 Å². The zero-order valence-corrected chi connectivity index (χ0v) is 28.6. The first-order chi connectivity index (χ1) is 22.1. The molecule has 3 rings (SSSR count). The molecule has 0 aromatic heterocycles. The first-order valence-corrected chi connectivity index (χ1v) is 17.8. The molecule has 1 saturated heterocycles. The summed E-state index contributed by atoms with van der Waals surface area (Å²) in [5.41, 5.74) is 12.7. The van der Waals surface area contributed by atoms with Crippen LogP contribution in [0, 0.1) is 5.92 Å². The van der Waals surface area contributed by atoms with Crippen molar-refractivity contribution in [2.24, 2.45) is 22.4 Å². The summed E-state index contributed by atoms with van der Waals surface area (Å²) in [5.74, 6) is 0.441. The van der Waals surface area contributed by atoms with Crippen molar-refractivity contribution in [2.75, 3.05) is 6.54 Å². The third-order valence-corrected chi connectivity index (χ3v) is 9.51. The van der Waals surface area contributed by atoms with Crippen LogP contribution in [-0.2, 0) is 27.3 Å². The van der Waals surface area contributed by atoms with Crippen molar-refractivity contribution in [3.63, 3.8) is 0 Å². The summed E-state index contributed by atoms with van der Waals surface area (Å²) in [4.78, 5) is 31.5. The number of aromatic hydroxyl groups is 1. The van der Waals surface area contributed by atoms with Crippen LogP contribution in [0.25, 0.3) is 0 Å². The number of phenols is 1. The summed E-state index contributed by atoms with van der Waals surface area (Å²) in [5, 5.41) is 22.1. The van der Waals surface area contributed by atoms with E-state index in [-0.39, 0.29) is 41.6 Å². The molecule has 1 amide bonds. The predicted molar refractivity (Wildman–Crippen MR) is 182 cm³/mol. The average molecular weight is 645 g/mol. The number of carbonyl (C=O) groups excluding carboxylic acids is 2. The molecule has 2 aliphatic rings. The van der Waals surface area contributed by atoms with Gasteiger partial charge in [0, 0.05) is 44.5 Å². The number of aliphatic hydroxyl groups excluding tert-OH is 1. The molecule has 6 N–H and O–H groups in total. The number of ether oxygens (including phenoxy) is 2. The molecule has 1 aliphatic carbocycles. The number of esters is 1. The fourth-order valence-corrected chi connectivity index (χ4v) is 7.06. The Bertz CT molecular complexity index is 1120. The normalized spacial score (nSPS) is 19.7. The number of rotatable bonds is 21. The second-order valence-electron chi connectivity index (χ2n) is 13.4. The Labute approximate surface area is 276 Å². The lowest BCUT2D eigenvalue weighted by molar-refractivity contribution is -0.148. The highest BCUT2D eigenvalue weighted by Gasteiger charge is 2.39. The molecular formula is C36H60N4O6. The highest BCUT2D eigenvalue weighted by molar-refractivity contribution is 5.79. The van der Waals surface area contributed by atoms with Gasteiger partial charge in [0.2, 0.25) is 5.91 Å². The summed E-state index contributed by atoms with van der Waals surface area (Å²) in [6, 6.07) is 3.89. The van der Waals surface area contributed by atoms with Crippen molar-refractivity contribution >= 4 is 17.8 Å². The van der Waals surface area contributed by atoms with Crippen molar-refractivity contribution in [1.29, 1.82) is 0 Å². The van der Waals surface area contributed by atoms with Crippen LogP contribution in [0.3, 0.4) is 0 Å². The molecule has 1 saturated carbocycles. The average Bonchev–Trinajstić information content (AvgIpc) is 3.61. The topological polar surface area (TPSA) is 161 Å². The minimum Gasteiger partial charge on any atom is -0.504 e. The van der Waals surface area contributed by atoms with Gasteiger partial charge in [-0.05, 0) is 75.3 Å². The van der Waals surface area contributed by atoms with Crippen molar-refractivity contribution < 1.29 is 29.3 Å². The summed E-state index contributed by atoms with van der Waals surface area (Å²) in [6.45, 7) is 6.47. The van der Waals surface area contributed by atoms with Crippen LogP contribution >= 0.6 is 0 Å². The maximum Gasteiger partial charge on any atom is 0.302 e. The summed E-state index contributed by atoms with van der Waals surface area (Å²) < 4.78 is 12.0. The molecule has 0 radical (unpaired) electrons. The second kappa shape index (κ2) is 19.6. The van der Waals surface area contributed by atoms with E-state index in [9.17, 15) is 19.8 Å². The molecule has 1 aliphatic heterocycles. The lowest BCUT2D eigenvalue weighted by Gasteiger charge is -2.29. The minimum absolute atomic E-state index is 0.0399. The van der Waals surface area contributed by atoms with Gasteiger partial charge in [0.25, 0.3) is 0 Å². The maximum atomic E-state index is 13.5. The molecule has 1 heterocycles. The van der Waals surface area contributed by atoms with Gasteiger partial charge < -0.3 is 36.1 Å². The number of hydrogen-bond donors (Lipinski definition) is 4. The molecule has 4 atom stereocenters. The van der Waals surface area contributed by atoms with Crippen molar-refractivity contribution in [3.05, 3.63) is 23.3 Å². The first kappa shape index (κ1) is 37.4. The fourth-order valence-electron chi connectivity index (χ4n) is 7.06. The Morgan fingerprint density at radius 3 is 2.46 bits per heavy atom. The van der Waals surface area contributed by atoms with Gasteiger partial charge >= 0.3 is 5.97 Å². The molecule has 0 bridgehead atoms. The lowest BCUT2D eigenvalue weighted by Crippen LogP contribution is -2.35. The Kier molecular flexibility index (Phi) is 16.0. The molecule has 0 unspecified atom stereocenters. The van der Waals surface area contributed by atoms with Gasteiger partial charge in [-0.2, -0.15) is 0 Å². The zero-order chi connectivity index (χ0) is 33.5. The number of nitrogens with two attached hydrogens (primary N) is 2. The summed E-state index contributed by atoms with van der Waals surface area (Å²) >= 11 is 0. The zero-order valence-electron chi connectivity index (χ0n) is 28.6. The van der Waals surface area contributed by atoms with E-state index in [2.05, 4.69) is 18.8 Å². The Balaban J connectivity index is 1.84. The van der Waals surface area contributed by atoms with E-state index < -0.39 is 12.2 Å². The molecule has 0 spiro atoms. The van der Waals surface area contributed by atoms with E-state index in [0.717, 1.165) is 82.6 Å². The number of likely N-dealkylation sites (tertiary alicyclic amines) is 1. The number of amides is 1. The molecule has 260 valence electrons. The molecule has 46 heavy (non-hydrogen) atoms. The lowest BCUT2D eigenvalue weighted by atomic mass is 9.92. The van der Waals surface area contributed by atoms with Crippen molar-refractivity contribution in [2.45, 2.75) is 161 Å². The van der Waals surface area contributed by atoms with Crippen LogP contribution < -0.4 is 16.2 Å². The number of guanidine groups is 1. The Morgan fingerprint density at radius 2 is 1.78 bits per heavy atom. The van der Waals surface area contributed by atoms with Crippen LogP contribution in [-0.4, -0.2) is 63.8 Å². The monoisotopic (exact) mass is 644 g/mol. The number of benzene rings is 1. The number of unbranched alkanes of at least 4 members (excludes halogenated alkanes) is 4. The highest BCUT2D eigenvalue weighted by Crippen LogP contribution is 2.39. The number of carbonyl (C=O) groups is 2. The maximum absolute atomic E-state index is 13.5. The van der Waals surface area contributed by atoms with E-state index in [4.69, 9.17) is 20.9 Å². The van der Waals surface area contributed by atoms with Crippen LogP contribution in [0.1, 0.15) is 135 Å². The van der Waals surface area contributed by atoms with Gasteiger partial charge in [-0.15, -0.1) is 0 Å². The SMILES string of the molecule is CCCCC[C@H](O)C[C@@H](CCc1cc(CN2C(=O)C[C@H](CCN=C(N)N)[C@@H]2CCCCC)c(O)c(OC2CCCC2)c1)OC(C)=O. The number of aryl methyl sites for hydroxylation is 1.